The number of rotatable bonds is 7. The summed E-state index contributed by atoms with van der Waals surface area (Å²) in [6.07, 6.45) is 0. The van der Waals surface area contributed by atoms with Gasteiger partial charge >= 0.3 is 11.9 Å². The predicted molar refractivity (Wildman–Crippen MR) is 112 cm³/mol. The van der Waals surface area contributed by atoms with Gasteiger partial charge in [-0.3, -0.25) is 4.98 Å². The minimum atomic E-state index is -0.599. The van der Waals surface area contributed by atoms with Crippen molar-refractivity contribution < 1.29 is 28.5 Å². The van der Waals surface area contributed by atoms with Gasteiger partial charge in [-0.2, -0.15) is 0 Å². The zero-order valence-corrected chi connectivity index (χ0v) is 18.9. The first kappa shape index (κ1) is 22.7. The van der Waals surface area contributed by atoms with E-state index in [4.69, 9.17) is 18.9 Å². The number of ether oxygens (including phenoxy) is 4. The lowest BCUT2D eigenvalue weighted by atomic mass is 9.92. The number of hydrogen-bond donors (Lipinski definition) is 0. The Bertz CT molecular complexity index is 901. The smallest absolute Gasteiger partial charge is 0.340 e. The Morgan fingerprint density at radius 3 is 1.90 bits per heavy atom. The van der Waals surface area contributed by atoms with Gasteiger partial charge in [0.05, 0.1) is 54.4 Å². The summed E-state index contributed by atoms with van der Waals surface area (Å²) in [7, 11) is 2.56. The molecule has 0 aliphatic rings. The number of nitrogens with zero attached hydrogens (tertiary/aromatic N) is 1. The van der Waals surface area contributed by atoms with Crippen molar-refractivity contribution >= 4 is 27.9 Å². The predicted octanol–water partition coefficient (Wildman–Crippen LogP) is 4.50. The Morgan fingerprint density at radius 1 is 0.931 bits per heavy atom. The topological polar surface area (TPSA) is 84.0 Å². The highest BCUT2D eigenvalue weighted by Gasteiger charge is 2.28. The van der Waals surface area contributed by atoms with Crippen LogP contribution in [-0.4, -0.2) is 44.4 Å². The van der Waals surface area contributed by atoms with E-state index in [1.54, 1.807) is 26.0 Å². The highest BCUT2D eigenvalue weighted by Crippen LogP contribution is 2.42. The fraction of sp³-hybridized carbons (Fsp3) is 0.381. The molecule has 1 aromatic carbocycles. The normalized spacial score (nSPS) is 10.4. The zero-order valence-electron chi connectivity index (χ0n) is 17.3. The summed E-state index contributed by atoms with van der Waals surface area (Å²) in [6.45, 7) is 7.98. The van der Waals surface area contributed by atoms with E-state index in [-0.39, 0.29) is 11.1 Å². The first-order chi connectivity index (χ1) is 13.8. The first-order valence-electron chi connectivity index (χ1n) is 9.07. The Labute approximate surface area is 178 Å². The monoisotopic (exact) mass is 465 g/mol. The number of esters is 2. The number of aromatic nitrogens is 1. The number of methoxy groups -OCH3 is 2. The van der Waals surface area contributed by atoms with Crippen LogP contribution in [0.25, 0.3) is 11.1 Å². The van der Waals surface area contributed by atoms with E-state index in [1.165, 1.54) is 14.2 Å². The van der Waals surface area contributed by atoms with Gasteiger partial charge < -0.3 is 18.9 Å². The molecule has 8 heteroatoms. The van der Waals surface area contributed by atoms with Crippen molar-refractivity contribution in [1.82, 2.24) is 4.98 Å². The third-order valence-electron chi connectivity index (χ3n) is 4.22. The van der Waals surface area contributed by atoms with Crippen LogP contribution in [0.2, 0.25) is 0 Å². The standard InChI is InChI=1S/C21H24BrNO6/c1-7-28-15-10-13(9-14(22)19(15)29-8-2)18-16(20(24)26-5)11(3)23-12(4)17(18)21(25)27-6/h9-10H,7-8H2,1-6H3. The summed E-state index contributed by atoms with van der Waals surface area (Å²) in [5.74, 6) is -0.173. The van der Waals surface area contributed by atoms with Crippen LogP contribution in [0.1, 0.15) is 46.0 Å². The van der Waals surface area contributed by atoms with Crippen molar-refractivity contribution in [2.45, 2.75) is 27.7 Å². The molecule has 0 saturated carbocycles. The second-order valence-electron chi connectivity index (χ2n) is 6.04. The van der Waals surface area contributed by atoms with Gasteiger partial charge in [-0.05, 0) is 61.3 Å². The molecular weight excluding hydrogens is 442 g/mol. The molecule has 0 unspecified atom stereocenters. The Hall–Kier alpha value is -2.61. The van der Waals surface area contributed by atoms with Gasteiger partial charge in [0.15, 0.2) is 11.5 Å². The van der Waals surface area contributed by atoms with Gasteiger partial charge in [-0.25, -0.2) is 9.59 Å². The van der Waals surface area contributed by atoms with Gasteiger partial charge in [-0.1, -0.05) is 0 Å². The zero-order chi connectivity index (χ0) is 21.7. The largest absolute Gasteiger partial charge is 0.490 e. The number of benzene rings is 1. The van der Waals surface area contributed by atoms with Crippen LogP contribution in [0.5, 0.6) is 11.5 Å². The minimum Gasteiger partial charge on any atom is -0.490 e. The molecule has 0 bridgehead atoms. The molecule has 156 valence electrons. The average Bonchev–Trinajstić information content (AvgIpc) is 2.68. The molecule has 0 N–H and O–H groups in total. The van der Waals surface area contributed by atoms with E-state index in [1.807, 2.05) is 13.8 Å². The number of aryl methyl sites for hydroxylation is 2. The van der Waals surface area contributed by atoms with Crippen molar-refractivity contribution in [2.24, 2.45) is 0 Å². The molecular formula is C21H24BrNO6. The van der Waals surface area contributed by atoms with E-state index in [9.17, 15) is 9.59 Å². The number of pyridine rings is 1. The molecule has 1 heterocycles. The van der Waals surface area contributed by atoms with Gasteiger partial charge in [0.2, 0.25) is 0 Å². The molecule has 1 aromatic heterocycles. The molecule has 7 nitrogen and oxygen atoms in total. The minimum absolute atomic E-state index is 0.192. The number of carbonyl (C=O) groups excluding carboxylic acids is 2. The third kappa shape index (κ3) is 4.53. The summed E-state index contributed by atoms with van der Waals surface area (Å²) < 4.78 is 22.0. The van der Waals surface area contributed by atoms with E-state index in [2.05, 4.69) is 20.9 Å². The lowest BCUT2D eigenvalue weighted by molar-refractivity contribution is 0.0599. The Balaban J connectivity index is 2.95. The molecule has 0 atom stereocenters. The van der Waals surface area contributed by atoms with Crippen molar-refractivity contribution in [2.75, 3.05) is 27.4 Å². The molecule has 2 rings (SSSR count). The summed E-state index contributed by atoms with van der Waals surface area (Å²) in [5, 5.41) is 0. The molecule has 0 radical (unpaired) electrons. The highest BCUT2D eigenvalue weighted by atomic mass is 79.9. The van der Waals surface area contributed by atoms with Crippen LogP contribution in [0.15, 0.2) is 16.6 Å². The van der Waals surface area contributed by atoms with Crippen LogP contribution >= 0.6 is 15.9 Å². The van der Waals surface area contributed by atoms with E-state index in [0.29, 0.717) is 51.7 Å². The summed E-state index contributed by atoms with van der Waals surface area (Å²) >= 11 is 3.51. The molecule has 29 heavy (non-hydrogen) atoms. The van der Waals surface area contributed by atoms with Crippen LogP contribution < -0.4 is 9.47 Å². The van der Waals surface area contributed by atoms with Crippen LogP contribution in [0.3, 0.4) is 0 Å². The first-order valence-corrected chi connectivity index (χ1v) is 9.87. The molecule has 0 amide bonds. The molecule has 0 saturated heterocycles. The highest BCUT2D eigenvalue weighted by molar-refractivity contribution is 9.10. The maximum atomic E-state index is 12.6. The van der Waals surface area contributed by atoms with Crippen LogP contribution in [0, 0.1) is 13.8 Å². The number of carbonyl (C=O) groups is 2. The summed E-state index contributed by atoms with van der Waals surface area (Å²) in [5.41, 5.74) is 2.21. The van der Waals surface area contributed by atoms with Crippen molar-refractivity contribution in [3.8, 4) is 22.6 Å². The van der Waals surface area contributed by atoms with E-state index < -0.39 is 11.9 Å². The van der Waals surface area contributed by atoms with Crippen LogP contribution in [-0.2, 0) is 9.47 Å². The quantitative estimate of drug-likeness (QED) is 0.556. The molecule has 0 aliphatic heterocycles. The van der Waals surface area contributed by atoms with Crippen molar-refractivity contribution in [1.29, 1.82) is 0 Å². The Morgan fingerprint density at radius 2 is 1.45 bits per heavy atom. The Kier molecular flexibility index (Phi) is 7.61. The number of hydrogen-bond acceptors (Lipinski definition) is 7. The summed E-state index contributed by atoms with van der Waals surface area (Å²) in [6, 6.07) is 3.49. The molecule has 0 aliphatic carbocycles. The fourth-order valence-electron chi connectivity index (χ4n) is 3.10. The lowest BCUT2D eigenvalue weighted by Crippen LogP contribution is -2.16. The van der Waals surface area contributed by atoms with E-state index >= 15 is 0 Å². The third-order valence-corrected chi connectivity index (χ3v) is 4.81. The van der Waals surface area contributed by atoms with Crippen LogP contribution in [0.4, 0.5) is 0 Å². The van der Waals surface area contributed by atoms with E-state index in [0.717, 1.165) is 0 Å². The van der Waals surface area contributed by atoms with Crippen molar-refractivity contribution in [3.63, 3.8) is 0 Å². The van der Waals surface area contributed by atoms with Gasteiger partial charge in [0.1, 0.15) is 0 Å². The summed E-state index contributed by atoms with van der Waals surface area (Å²) in [4.78, 5) is 29.5. The second kappa shape index (κ2) is 9.73. The SMILES string of the molecule is CCOc1cc(-c2c(C(=O)OC)c(C)nc(C)c2C(=O)OC)cc(Br)c1OCC. The maximum Gasteiger partial charge on any atom is 0.340 e. The number of halogens is 1. The second-order valence-corrected chi connectivity index (χ2v) is 6.90. The molecule has 0 fully saturated rings. The lowest BCUT2D eigenvalue weighted by Gasteiger charge is -2.19. The molecule has 2 aromatic rings. The fourth-order valence-corrected chi connectivity index (χ4v) is 3.66. The van der Waals surface area contributed by atoms with Crippen molar-refractivity contribution in [3.05, 3.63) is 39.1 Å². The average molecular weight is 466 g/mol. The van der Waals surface area contributed by atoms with Gasteiger partial charge in [-0.15, -0.1) is 0 Å². The van der Waals surface area contributed by atoms with Gasteiger partial charge in [0.25, 0.3) is 0 Å². The molecule has 0 spiro atoms. The van der Waals surface area contributed by atoms with Gasteiger partial charge in [0, 0.05) is 5.56 Å². The maximum absolute atomic E-state index is 12.6.